The van der Waals surface area contributed by atoms with Crippen LogP contribution in [0, 0.1) is 0 Å². The van der Waals surface area contributed by atoms with Gasteiger partial charge in [-0.1, -0.05) is 141 Å². The number of benzene rings is 9. The number of hydrogen-bond acceptors (Lipinski definition) is 21. The van der Waals surface area contributed by atoms with Crippen molar-refractivity contribution in [1.82, 2.24) is 0 Å². The number of carbonyl (C=O) groups is 9. The van der Waals surface area contributed by atoms with Crippen LogP contribution in [0.25, 0.3) is 36.5 Å². The molecule has 0 saturated carbocycles. The molecule has 0 bridgehead atoms. The summed E-state index contributed by atoms with van der Waals surface area (Å²) in [5.74, 6) is -19.1. The summed E-state index contributed by atoms with van der Waals surface area (Å²) in [5.41, 5.74) is 5.59. The molecule has 9 rings (SSSR count). The Labute approximate surface area is 792 Å². The van der Waals surface area contributed by atoms with Crippen molar-refractivity contribution in [3.8, 4) is 34.5 Å². The fourth-order valence-corrected chi connectivity index (χ4v) is 9.89. The minimum atomic E-state index is -6.37. The fraction of sp³-hybridized carbons (Fsp3) is 0.265. The maximum absolute atomic E-state index is 13.3. The van der Waals surface area contributed by atoms with Gasteiger partial charge in [-0.2, -0.15) is 65.9 Å². The van der Waals surface area contributed by atoms with Crippen molar-refractivity contribution in [3.05, 3.63) is 323 Å². The number of hydrogen-bond donors (Lipinski definition) is 0. The maximum Gasteiger partial charge on any atom is 0.459 e. The molecule has 0 aliphatic rings. The number of alkyl halides is 16. The molecule has 0 aromatic heterocycles. The van der Waals surface area contributed by atoms with Crippen LogP contribution in [-0.4, -0.2) is 158 Å². The lowest BCUT2D eigenvalue weighted by Gasteiger charge is -2.28. The van der Waals surface area contributed by atoms with E-state index in [4.69, 9.17) is 42.6 Å². The molecule has 0 amide bonds. The second kappa shape index (κ2) is 64.8. The summed E-state index contributed by atoms with van der Waals surface area (Å²) in [6.45, 7) is 8.94. The molecule has 0 radical (unpaired) electrons. The van der Waals surface area contributed by atoms with Gasteiger partial charge in [0.05, 0.1) is 84.8 Å². The van der Waals surface area contributed by atoms with Crippen molar-refractivity contribution < 1.29 is 170 Å². The van der Waals surface area contributed by atoms with Crippen molar-refractivity contribution >= 4 is 90.2 Å². The van der Waals surface area contributed by atoms with E-state index in [1.54, 1.807) is 99.7 Å². The average Bonchev–Trinajstić information content (AvgIpc) is 0.777. The highest BCUT2D eigenvalue weighted by Gasteiger charge is 2.72. The molecule has 0 aliphatic carbocycles. The highest BCUT2D eigenvalue weighted by Crippen LogP contribution is 2.48. The predicted octanol–water partition coefficient (Wildman–Crippen LogP) is 24.7. The summed E-state index contributed by atoms with van der Waals surface area (Å²) in [7, 11) is 4.58. The molecule has 0 heterocycles. The topological polar surface area (TPSA) is 264 Å². The summed E-state index contributed by atoms with van der Waals surface area (Å²) < 4.78 is 255. The summed E-state index contributed by atoms with van der Waals surface area (Å²) in [4.78, 5) is 103. The average molecular weight is 1970 g/mol. The lowest BCUT2D eigenvalue weighted by Crippen LogP contribution is -2.51. The van der Waals surface area contributed by atoms with Crippen molar-refractivity contribution in [2.75, 3.05) is 68.1 Å². The monoisotopic (exact) mass is 1970 g/mol. The van der Waals surface area contributed by atoms with Gasteiger partial charge in [-0.3, -0.25) is 4.39 Å². The Balaban J connectivity index is 0.000000589. The quantitative estimate of drug-likeness (QED) is 0.00882. The first-order valence-corrected chi connectivity index (χ1v) is 41.9. The van der Waals surface area contributed by atoms with Gasteiger partial charge in [-0.05, 0) is 219 Å². The molecule has 0 N–H and O–H groups in total. The van der Waals surface area contributed by atoms with E-state index in [1.165, 1.54) is 161 Å². The number of carbonyl (C=O) groups excluding carboxylic acids is 9. The van der Waals surface area contributed by atoms with E-state index in [0.29, 0.717) is 36.4 Å². The largest absolute Gasteiger partial charge is 0.494 e. The molecular weight excluding hydrogens is 1870 g/mol. The molecule has 9 aromatic rings. The molecule has 37 heteroatoms. The third-order valence-corrected chi connectivity index (χ3v) is 16.8. The Morgan fingerprint density at radius 3 is 0.698 bits per heavy atom. The van der Waals surface area contributed by atoms with Gasteiger partial charge < -0.3 is 56.8 Å². The first-order valence-electron chi connectivity index (χ1n) is 41.9. The van der Waals surface area contributed by atoms with Crippen LogP contribution in [0.1, 0.15) is 138 Å². The number of methoxy groups -OCH3 is 3. The SMILES string of the molecule is CC.CCOC(=O)/C=C/c1ccc(OC(=O)c2ccc(OCCCC(F)(F)C(F)(F)C(F)(F)F)cc2)cc1.CCOC(=O)/C=C/c1ccc(OC(=O)c2ccc(OCCCC(F)(F)C(F)(F)F)cc2)cc1.CCOC(=O)/C=C/c1ccc(OC(=O)c2ccc(OCCCC(F)(F)F)cc2)cc1.CF.COC(=O)/C=C/c1ccccc1.COC(=O)/C=C/c1ccccc1.COC(=O)/C=C/c1ccccc1. The second-order valence-electron chi connectivity index (χ2n) is 27.0. The molecule has 0 saturated heterocycles. The summed E-state index contributed by atoms with van der Waals surface area (Å²) in [5, 5.41) is 0. The summed E-state index contributed by atoms with van der Waals surface area (Å²) in [6, 6.07) is 64.4. The van der Waals surface area contributed by atoms with Crippen molar-refractivity contribution in [2.45, 2.75) is 109 Å². The van der Waals surface area contributed by atoms with Crippen molar-refractivity contribution in [2.24, 2.45) is 0 Å². The second-order valence-corrected chi connectivity index (χ2v) is 27.0. The van der Waals surface area contributed by atoms with Crippen LogP contribution in [0.15, 0.2) is 273 Å². The smallest absolute Gasteiger partial charge is 0.459 e. The van der Waals surface area contributed by atoms with Crippen molar-refractivity contribution in [3.63, 3.8) is 0 Å². The summed E-state index contributed by atoms with van der Waals surface area (Å²) >= 11 is 0. The highest BCUT2D eigenvalue weighted by atomic mass is 19.4. The van der Waals surface area contributed by atoms with Crippen LogP contribution in [0.5, 0.6) is 34.5 Å². The molecule has 21 nitrogen and oxygen atoms in total. The van der Waals surface area contributed by atoms with Gasteiger partial charge in [0, 0.05) is 55.7 Å². The first-order chi connectivity index (χ1) is 66.0. The Kier molecular flexibility index (Phi) is 55.9. The minimum Gasteiger partial charge on any atom is -0.494 e. The number of rotatable bonds is 36. The van der Waals surface area contributed by atoms with E-state index in [-0.39, 0.29) is 90.4 Å². The normalized spacial score (nSPS) is 11.2. The Hall–Kier alpha value is -15.1. The van der Waals surface area contributed by atoms with Gasteiger partial charge >= 0.3 is 90.0 Å². The van der Waals surface area contributed by atoms with Crippen molar-refractivity contribution in [1.29, 1.82) is 0 Å². The van der Waals surface area contributed by atoms with Gasteiger partial charge in [-0.25, -0.2) is 43.2 Å². The summed E-state index contributed by atoms with van der Waals surface area (Å²) in [6.07, 6.45) is -3.78. The zero-order valence-electron chi connectivity index (χ0n) is 76.6. The Morgan fingerprint density at radius 2 is 0.482 bits per heavy atom. The number of ether oxygens (including phenoxy) is 12. The zero-order valence-corrected chi connectivity index (χ0v) is 76.6. The molecule has 0 unspecified atom stereocenters. The molecular formula is C102H102F16O21. The van der Waals surface area contributed by atoms with Crippen LogP contribution < -0.4 is 28.4 Å². The molecule has 0 atom stereocenters. The third kappa shape index (κ3) is 50.4. The van der Waals surface area contributed by atoms with Gasteiger partial charge in [0.15, 0.2) is 0 Å². The lowest BCUT2D eigenvalue weighted by atomic mass is 10.1. The minimum absolute atomic E-state index is 0.0692. The molecule has 9 aromatic carbocycles. The molecule has 0 fully saturated rings. The van der Waals surface area contributed by atoms with Gasteiger partial charge in [0.2, 0.25) is 0 Å². The van der Waals surface area contributed by atoms with Crippen LogP contribution in [-0.2, 0) is 57.2 Å². The van der Waals surface area contributed by atoms with Gasteiger partial charge in [0.1, 0.15) is 34.5 Å². The molecule has 748 valence electrons. The van der Waals surface area contributed by atoms with Gasteiger partial charge in [0.25, 0.3) is 0 Å². The Morgan fingerprint density at radius 1 is 0.266 bits per heavy atom. The van der Waals surface area contributed by atoms with E-state index < -0.39 is 111 Å². The number of halogens is 16. The molecule has 0 spiro atoms. The molecule has 0 aliphatic heterocycles. The Bertz CT molecular complexity index is 5160. The van der Waals surface area contributed by atoms with Crippen LogP contribution in [0.3, 0.4) is 0 Å². The third-order valence-electron chi connectivity index (χ3n) is 16.8. The van der Waals surface area contributed by atoms with Crippen LogP contribution >= 0.6 is 0 Å². The van der Waals surface area contributed by atoms with E-state index in [9.17, 15) is 113 Å². The van der Waals surface area contributed by atoms with Crippen LogP contribution in [0.2, 0.25) is 0 Å². The lowest BCUT2D eigenvalue weighted by molar-refractivity contribution is -0.355. The predicted molar refractivity (Wildman–Crippen MR) is 489 cm³/mol. The molecule has 139 heavy (non-hydrogen) atoms. The highest BCUT2D eigenvalue weighted by molar-refractivity contribution is 5.94. The van der Waals surface area contributed by atoms with E-state index >= 15 is 0 Å². The van der Waals surface area contributed by atoms with Gasteiger partial charge in [-0.15, -0.1) is 0 Å². The van der Waals surface area contributed by atoms with E-state index in [1.807, 2.05) is 105 Å². The zero-order chi connectivity index (χ0) is 104. The standard InChI is InChI=1S/C24H21F7O5.C23H21F5O5.C22H21F3O5.3C10H10O2.C2H6.CH3F/c1-2-34-20(32)13-6-16-4-9-19(10-5-16)36-21(33)17-7-11-18(12-8-17)35-15-3-14-22(25,26)23(27,28)24(29,30)31;1-2-31-20(29)13-6-16-4-9-19(10-5-16)33-21(30)17-7-11-18(12-8-17)32-15-3-14-22(24,25)23(26,27)28;1-2-28-20(26)13-6-16-4-9-19(10-5-16)30-21(27)17-7-11-18(12-8-17)29-15-3-14-22(23,24)25;3*1-12-10(11)8-7-9-5-3-2-4-6-9;2*1-2/h4-13H,2-3,14-15H2,1H3;4-13H,2-3,14-15H2,1H3;4-13H,2-3,14-15H2,1H3;3*2-8H,1H3;1-2H3;1H3/b3*13-6+;3*8-7+;;. The fourth-order valence-electron chi connectivity index (χ4n) is 9.89. The van der Waals surface area contributed by atoms with Crippen LogP contribution in [0.4, 0.5) is 70.2 Å². The first kappa shape index (κ1) is 120. The van der Waals surface area contributed by atoms with E-state index in [2.05, 4.69) is 14.2 Å². The maximum atomic E-state index is 13.3. The van der Waals surface area contributed by atoms with E-state index in [0.717, 1.165) is 22.3 Å². The number of esters is 9.